The molecule has 0 spiro atoms. The largest absolute Gasteiger partial charge is 0.390 e. The second-order valence-electron chi connectivity index (χ2n) is 5.47. The van der Waals surface area contributed by atoms with Crippen LogP contribution in [0.3, 0.4) is 0 Å². The Labute approximate surface area is 114 Å². The summed E-state index contributed by atoms with van der Waals surface area (Å²) in [5.74, 6) is 0. The highest BCUT2D eigenvalue weighted by atomic mass is 32.2. The van der Waals surface area contributed by atoms with Crippen LogP contribution in [-0.2, 0) is 6.54 Å². The van der Waals surface area contributed by atoms with E-state index in [9.17, 15) is 5.11 Å². The number of nitrogens with zero attached hydrogens (tertiary/aromatic N) is 1. The first-order valence-electron chi connectivity index (χ1n) is 6.67. The third kappa shape index (κ3) is 4.01. The summed E-state index contributed by atoms with van der Waals surface area (Å²) < 4.78 is 0. The Bertz CT molecular complexity index is 375. The van der Waals surface area contributed by atoms with Gasteiger partial charge in [0.05, 0.1) is 5.60 Å². The Morgan fingerprint density at radius 3 is 2.61 bits per heavy atom. The number of benzene rings is 1. The van der Waals surface area contributed by atoms with Crippen molar-refractivity contribution in [1.29, 1.82) is 0 Å². The monoisotopic (exact) mass is 265 g/mol. The van der Waals surface area contributed by atoms with Crippen molar-refractivity contribution in [2.24, 2.45) is 0 Å². The van der Waals surface area contributed by atoms with Crippen LogP contribution in [0.25, 0.3) is 0 Å². The molecular formula is C15H23NOS. The van der Waals surface area contributed by atoms with Gasteiger partial charge in [0.25, 0.3) is 0 Å². The molecule has 1 aromatic carbocycles. The van der Waals surface area contributed by atoms with E-state index in [0.717, 1.165) is 38.9 Å². The minimum absolute atomic E-state index is 0.461. The molecule has 2 nitrogen and oxygen atoms in total. The number of likely N-dealkylation sites (tertiary alicyclic amines) is 1. The summed E-state index contributed by atoms with van der Waals surface area (Å²) in [5.41, 5.74) is 0.909. The number of thioether (sulfide) groups is 1. The Balaban J connectivity index is 1.92. The quantitative estimate of drug-likeness (QED) is 0.849. The van der Waals surface area contributed by atoms with Gasteiger partial charge in [0.15, 0.2) is 0 Å². The maximum absolute atomic E-state index is 10.1. The van der Waals surface area contributed by atoms with Crippen LogP contribution in [0.5, 0.6) is 0 Å². The van der Waals surface area contributed by atoms with E-state index in [4.69, 9.17) is 0 Å². The number of aliphatic hydroxyl groups is 1. The molecule has 0 amide bonds. The molecule has 3 heteroatoms. The van der Waals surface area contributed by atoms with Crippen molar-refractivity contribution in [3.63, 3.8) is 0 Å². The molecule has 1 saturated heterocycles. The normalized spacial score (nSPS) is 25.9. The molecule has 0 bridgehead atoms. The van der Waals surface area contributed by atoms with Crippen molar-refractivity contribution in [2.45, 2.75) is 43.2 Å². The van der Waals surface area contributed by atoms with Crippen molar-refractivity contribution >= 4 is 11.8 Å². The van der Waals surface area contributed by atoms with E-state index in [-0.39, 0.29) is 0 Å². The van der Waals surface area contributed by atoms with Gasteiger partial charge in [0.1, 0.15) is 0 Å². The van der Waals surface area contributed by atoms with Crippen molar-refractivity contribution in [3.8, 4) is 0 Å². The van der Waals surface area contributed by atoms with Crippen molar-refractivity contribution in [2.75, 3.05) is 19.3 Å². The van der Waals surface area contributed by atoms with Gasteiger partial charge in [-0.15, -0.1) is 11.8 Å². The zero-order chi connectivity index (χ0) is 13.0. The molecule has 1 fully saturated rings. The van der Waals surface area contributed by atoms with E-state index in [1.54, 1.807) is 11.8 Å². The average Bonchev–Trinajstić information content (AvgIpc) is 2.52. The molecule has 1 N–H and O–H groups in total. The van der Waals surface area contributed by atoms with Crippen LogP contribution in [0.15, 0.2) is 29.2 Å². The van der Waals surface area contributed by atoms with Crippen LogP contribution in [-0.4, -0.2) is 35.0 Å². The molecular weight excluding hydrogens is 242 g/mol. The topological polar surface area (TPSA) is 23.5 Å². The number of hydrogen-bond donors (Lipinski definition) is 1. The first kappa shape index (κ1) is 13.9. The molecule has 0 aromatic heterocycles. The van der Waals surface area contributed by atoms with Crippen LogP contribution in [0, 0.1) is 0 Å². The second-order valence-corrected chi connectivity index (χ2v) is 6.35. The van der Waals surface area contributed by atoms with Gasteiger partial charge in [-0.3, -0.25) is 4.90 Å². The second kappa shape index (κ2) is 6.09. The molecule has 100 valence electrons. The predicted octanol–water partition coefficient (Wildman–Crippen LogP) is 3.15. The van der Waals surface area contributed by atoms with Gasteiger partial charge in [-0.05, 0) is 56.7 Å². The highest BCUT2D eigenvalue weighted by Crippen LogP contribution is 2.23. The molecule has 0 saturated carbocycles. The zero-order valence-corrected chi connectivity index (χ0v) is 12.2. The maximum atomic E-state index is 10.1. The fourth-order valence-electron chi connectivity index (χ4n) is 2.47. The van der Waals surface area contributed by atoms with Crippen molar-refractivity contribution < 1.29 is 5.11 Å². The lowest BCUT2D eigenvalue weighted by Gasteiger charge is -2.22. The molecule has 1 aromatic rings. The van der Waals surface area contributed by atoms with E-state index >= 15 is 0 Å². The summed E-state index contributed by atoms with van der Waals surface area (Å²) in [7, 11) is 0. The predicted molar refractivity (Wildman–Crippen MR) is 78.0 cm³/mol. The minimum Gasteiger partial charge on any atom is -0.390 e. The summed E-state index contributed by atoms with van der Waals surface area (Å²) >= 11 is 1.78. The van der Waals surface area contributed by atoms with Crippen molar-refractivity contribution in [3.05, 3.63) is 29.8 Å². The van der Waals surface area contributed by atoms with Crippen LogP contribution in [0.4, 0.5) is 0 Å². The lowest BCUT2D eigenvalue weighted by atomic mass is 9.98. The van der Waals surface area contributed by atoms with Gasteiger partial charge in [0.2, 0.25) is 0 Å². The zero-order valence-electron chi connectivity index (χ0n) is 11.4. The third-order valence-electron chi connectivity index (χ3n) is 3.72. The lowest BCUT2D eigenvalue weighted by molar-refractivity contribution is 0.0444. The molecule has 2 rings (SSSR count). The molecule has 0 aliphatic carbocycles. The Morgan fingerprint density at radius 2 is 1.94 bits per heavy atom. The molecule has 1 unspecified atom stereocenters. The highest BCUT2D eigenvalue weighted by molar-refractivity contribution is 7.98. The summed E-state index contributed by atoms with van der Waals surface area (Å²) in [6, 6.07) is 8.81. The Hall–Kier alpha value is -0.510. The van der Waals surface area contributed by atoms with Crippen LogP contribution < -0.4 is 0 Å². The summed E-state index contributed by atoms with van der Waals surface area (Å²) in [6.45, 7) is 5.06. The highest BCUT2D eigenvalue weighted by Gasteiger charge is 2.24. The first-order chi connectivity index (χ1) is 8.59. The summed E-state index contributed by atoms with van der Waals surface area (Å²) in [5, 5.41) is 10.1. The molecule has 1 heterocycles. The molecule has 1 aliphatic rings. The van der Waals surface area contributed by atoms with Crippen LogP contribution in [0.1, 0.15) is 31.7 Å². The fraction of sp³-hybridized carbons (Fsp3) is 0.600. The van der Waals surface area contributed by atoms with Gasteiger partial charge >= 0.3 is 0 Å². The summed E-state index contributed by atoms with van der Waals surface area (Å²) in [6.07, 6.45) is 5.01. The van der Waals surface area contributed by atoms with Gasteiger partial charge in [-0.25, -0.2) is 0 Å². The SMILES string of the molecule is CSc1ccc(CN2CCCC(C)(O)CC2)cc1. The summed E-state index contributed by atoms with van der Waals surface area (Å²) in [4.78, 5) is 3.77. The van der Waals surface area contributed by atoms with Crippen LogP contribution >= 0.6 is 11.8 Å². The molecule has 18 heavy (non-hydrogen) atoms. The van der Waals surface area contributed by atoms with Gasteiger partial charge in [-0.1, -0.05) is 12.1 Å². The molecule has 1 aliphatic heterocycles. The van der Waals surface area contributed by atoms with E-state index in [1.165, 1.54) is 10.5 Å². The number of rotatable bonds is 3. The van der Waals surface area contributed by atoms with E-state index in [0.29, 0.717) is 0 Å². The Morgan fingerprint density at radius 1 is 1.22 bits per heavy atom. The molecule has 0 radical (unpaired) electrons. The average molecular weight is 265 g/mol. The lowest BCUT2D eigenvalue weighted by Crippen LogP contribution is -2.28. The first-order valence-corrected chi connectivity index (χ1v) is 7.89. The Kier molecular flexibility index (Phi) is 4.71. The van der Waals surface area contributed by atoms with E-state index < -0.39 is 5.60 Å². The van der Waals surface area contributed by atoms with Crippen LogP contribution in [0.2, 0.25) is 0 Å². The minimum atomic E-state index is -0.461. The fourth-order valence-corrected chi connectivity index (χ4v) is 2.87. The van der Waals surface area contributed by atoms with Gasteiger partial charge < -0.3 is 5.11 Å². The van der Waals surface area contributed by atoms with Gasteiger partial charge in [-0.2, -0.15) is 0 Å². The van der Waals surface area contributed by atoms with E-state index in [1.807, 2.05) is 6.92 Å². The molecule has 1 atom stereocenters. The standard InChI is InChI=1S/C15H23NOS/c1-15(17)8-3-10-16(11-9-15)12-13-4-6-14(18-2)7-5-13/h4-7,17H,3,8-12H2,1-2H3. The number of hydrogen-bond acceptors (Lipinski definition) is 3. The van der Waals surface area contributed by atoms with Gasteiger partial charge in [0, 0.05) is 18.0 Å². The third-order valence-corrected chi connectivity index (χ3v) is 4.47. The smallest absolute Gasteiger partial charge is 0.0632 e. The maximum Gasteiger partial charge on any atom is 0.0632 e. The van der Waals surface area contributed by atoms with Crippen molar-refractivity contribution in [1.82, 2.24) is 4.90 Å². The van der Waals surface area contributed by atoms with E-state index in [2.05, 4.69) is 35.4 Å².